The molecule has 36 heavy (non-hydrogen) atoms. The summed E-state index contributed by atoms with van der Waals surface area (Å²) in [5, 5.41) is 0.627. The number of morpholine rings is 1. The number of ether oxygens (including phenoxy) is 3. The van der Waals surface area contributed by atoms with Crippen molar-refractivity contribution >= 4 is 11.3 Å². The summed E-state index contributed by atoms with van der Waals surface area (Å²) in [5.41, 5.74) is 2.79. The van der Waals surface area contributed by atoms with Gasteiger partial charge in [0, 0.05) is 24.5 Å². The van der Waals surface area contributed by atoms with Crippen LogP contribution < -0.4 is 4.74 Å². The Bertz CT molecular complexity index is 1060. The van der Waals surface area contributed by atoms with Gasteiger partial charge in [-0.05, 0) is 43.0 Å². The normalized spacial score (nSPS) is 17.7. The number of thiazole rings is 1. The van der Waals surface area contributed by atoms with Crippen molar-refractivity contribution in [1.82, 2.24) is 9.88 Å². The molecule has 2 unspecified atom stereocenters. The van der Waals surface area contributed by atoms with Crippen molar-refractivity contribution in [2.75, 3.05) is 39.5 Å². The second-order valence-electron chi connectivity index (χ2n) is 8.82. The molecule has 0 spiro atoms. The van der Waals surface area contributed by atoms with Gasteiger partial charge in [0.05, 0.1) is 25.5 Å². The quantitative estimate of drug-likeness (QED) is 0.299. The van der Waals surface area contributed by atoms with Crippen LogP contribution in [0.2, 0.25) is 0 Å². The molecular formula is C27H31F3N2O3S. The Morgan fingerprint density at radius 3 is 2.56 bits per heavy atom. The number of rotatable bonds is 11. The molecule has 2 atom stereocenters. The van der Waals surface area contributed by atoms with Crippen molar-refractivity contribution in [2.24, 2.45) is 0 Å². The Morgan fingerprint density at radius 1 is 1.06 bits per heavy atom. The van der Waals surface area contributed by atoms with Gasteiger partial charge in [-0.2, -0.15) is 13.2 Å². The van der Waals surface area contributed by atoms with Crippen molar-refractivity contribution in [3.63, 3.8) is 0 Å². The highest BCUT2D eigenvalue weighted by Gasteiger charge is 2.36. The number of benzene rings is 2. The number of nitrogens with zero attached hydrogens (tertiary/aromatic N) is 2. The summed E-state index contributed by atoms with van der Waals surface area (Å²) >= 11 is 0.618. The molecule has 4 rings (SSSR count). The lowest BCUT2D eigenvalue weighted by molar-refractivity contribution is -0.138. The van der Waals surface area contributed by atoms with Crippen LogP contribution in [0.25, 0.3) is 0 Å². The molecule has 1 aliphatic heterocycles. The van der Waals surface area contributed by atoms with Crippen LogP contribution in [-0.4, -0.2) is 55.4 Å². The lowest BCUT2D eigenvalue weighted by Crippen LogP contribution is -2.44. The fourth-order valence-corrected chi connectivity index (χ4v) is 4.89. The summed E-state index contributed by atoms with van der Waals surface area (Å²) in [4.78, 5) is 6.01. The van der Waals surface area contributed by atoms with E-state index in [4.69, 9.17) is 14.2 Å². The van der Waals surface area contributed by atoms with Crippen LogP contribution in [0.3, 0.4) is 0 Å². The summed E-state index contributed by atoms with van der Waals surface area (Å²) in [5.74, 6) is 0.800. The van der Waals surface area contributed by atoms with Crippen LogP contribution in [0, 0.1) is 0 Å². The molecule has 1 aromatic heterocycles. The first-order chi connectivity index (χ1) is 17.4. The average Bonchev–Trinajstić information content (AvgIpc) is 3.39. The zero-order chi connectivity index (χ0) is 25.4. The molecule has 9 heteroatoms. The molecule has 0 bridgehead atoms. The molecule has 0 radical (unpaired) electrons. The summed E-state index contributed by atoms with van der Waals surface area (Å²) < 4.78 is 55.9. The molecule has 2 heterocycles. The third kappa shape index (κ3) is 7.77. The van der Waals surface area contributed by atoms with Gasteiger partial charge in [0.2, 0.25) is 0 Å². The minimum absolute atomic E-state index is 0.210. The first-order valence-electron chi connectivity index (χ1n) is 12.1. The maximum Gasteiger partial charge on any atom is 0.443 e. The highest BCUT2D eigenvalue weighted by molar-refractivity contribution is 7.09. The van der Waals surface area contributed by atoms with Crippen LogP contribution in [-0.2, 0) is 28.5 Å². The van der Waals surface area contributed by atoms with E-state index in [0.717, 1.165) is 25.1 Å². The maximum absolute atomic E-state index is 12.9. The molecule has 5 nitrogen and oxygen atoms in total. The Kier molecular flexibility index (Phi) is 9.36. The monoisotopic (exact) mass is 520 g/mol. The maximum atomic E-state index is 12.9. The Balaban J connectivity index is 1.18. The van der Waals surface area contributed by atoms with Gasteiger partial charge in [-0.25, -0.2) is 4.98 Å². The summed E-state index contributed by atoms with van der Waals surface area (Å²) in [6, 6.07) is 18.5. The van der Waals surface area contributed by atoms with Gasteiger partial charge in [0.25, 0.3) is 0 Å². The van der Waals surface area contributed by atoms with Crippen molar-refractivity contribution in [3.05, 3.63) is 81.8 Å². The van der Waals surface area contributed by atoms with Crippen molar-refractivity contribution in [2.45, 2.75) is 38.1 Å². The van der Waals surface area contributed by atoms with E-state index in [-0.39, 0.29) is 6.04 Å². The topological polar surface area (TPSA) is 43.8 Å². The van der Waals surface area contributed by atoms with Gasteiger partial charge in [-0.3, -0.25) is 4.90 Å². The van der Waals surface area contributed by atoms with E-state index in [9.17, 15) is 13.2 Å². The molecule has 0 N–H and O–H groups in total. The van der Waals surface area contributed by atoms with E-state index >= 15 is 0 Å². The molecule has 0 amide bonds. The smallest absolute Gasteiger partial charge is 0.443 e. The molecule has 0 saturated carbocycles. The van der Waals surface area contributed by atoms with E-state index in [2.05, 4.69) is 41.1 Å². The lowest BCUT2D eigenvalue weighted by Gasteiger charge is -2.36. The predicted octanol–water partition coefficient (Wildman–Crippen LogP) is 5.80. The van der Waals surface area contributed by atoms with Crippen molar-refractivity contribution in [3.8, 4) is 5.75 Å². The van der Waals surface area contributed by atoms with Crippen LogP contribution in [0.5, 0.6) is 5.75 Å². The largest absolute Gasteiger partial charge is 0.491 e. The van der Waals surface area contributed by atoms with Crippen molar-refractivity contribution < 1.29 is 27.4 Å². The molecule has 3 aromatic rings. The SMILES string of the molecule is CC(Cc1ccc(OCCOCCc2ccccc2)cc1)N1CCOC(c2csc(C(F)(F)F)n2)C1. The molecule has 2 aromatic carbocycles. The highest BCUT2D eigenvalue weighted by atomic mass is 32.1. The highest BCUT2D eigenvalue weighted by Crippen LogP contribution is 2.34. The number of hydrogen-bond donors (Lipinski definition) is 0. The first kappa shape index (κ1) is 26.6. The predicted molar refractivity (Wildman–Crippen MR) is 133 cm³/mol. The molecule has 194 valence electrons. The fraction of sp³-hybridized carbons (Fsp3) is 0.444. The average molecular weight is 521 g/mol. The van der Waals surface area contributed by atoms with E-state index in [0.29, 0.717) is 50.0 Å². The molecular weight excluding hydrogens is 489 g/mol. The molecule has 1 aliphatic rings. The summed E-state index contributed by atoms with van der Waals surface area (Å²) in [6.45, 7) is 5.54. The van der Waals surface area contributed by atoms with Gasteiger partial charge in [-0.15, -0.1) is 11.3 Å². The number of aromatic nitrogens is 1. The standard InChI is InChI=1S/C27H31F3N2O3S/c1-20(32-12-14-35-25(18-32)24-19-36-26(31-24)27(28,29)30)17-22-7-9-23(10-8-22)34-16-15-33-13-11-21-5-3-2-4-6-21/h2-10,19-20,25H,11-18H2,1H3. The minimum atomic E-state index is -4.42. The second kappa shape index (κ2) is 12.7. The van der Waals surface area contributed by atoms with Crippen LogP contribution >= 0.6 is 11.3 Å². The summed E-state index contributed by atoms with van der Waals surface area (Å²) in [6.07, 6.45) is -3.16. The van der Waals surface area contributed by atoms with Gasteiger partial charge >= 0.3 is 6.18 Å². The third-order valence-electron chi connectivity index (χ3n) is 6.14. The van der Waals surface area contributed by atoms with Crippen LogP contribution in [0.4, 0.5) is 13.2 Å². The van der Waals surface area contributed by atoms with Gasteiger partial charge in [0.15, 0.2) is 5.01 Å². The number of alkyl halides is 3. The first-order valence-corrected chi connectivity index (χ1v) is 13.0. The van der Waals surface area contributed by atoms with Crippen molar-refractivity contribution in [1.29, 1.82) is 0 Å². The number of hydrogen-bond acceptors (Lipinski definition) is 6. The van der Waals surface area contributed by atoms with Gasteiger partial charge in [-0.1, -0.05) is 42.5 Å². The Labute approximate surface area is 213 Å². The minimum Gasteiger partial charge on any atom is -0.491 e. The molecule has 1 saturated heterocycles. The molecule has 1 fully saturated rings. The zero-order valence-electron chi connectivity index (χ0n) is 20.2. The lowest BCUT2D eigenvalue weighted by atomic mass is 10.0. The zero-order valence-corrected chi connectivity index (χ0v) is 21.1. The van der Waals surface area contributed by atoms with Gasteiger partial charge < -0.3 is 14.2 Å². The van der Waals surface area contributed by atoms with Gasteiger partial charge in [0.1, 0.15) is 18.5 Å². The van der Waals surface area contributed by atoms with Crippen LogP contribution in [0.15, 0.2) is 60.0 Å². The third-order valence-corrected chi connectivity index (χ3v) is 7.05. The molecule has 0 aliphatic carbocycles. The van der Waals surface area contributed by atoms with E-state index < -0.39 is 17.3 Å². The van der Waals surface area contributed by atoms with E-state index in [1.54, 1.807) is 0 Å². The number of halogens is 3. The summed E-state index contributed by atoms with van der Waals surface area (Å²) in [7, 11) is 0. The van der Waals surface area contributed by atoms with E-state index in [1.165, 1.54) is 16.5 Å². The Hall–Kier alpha value is -2.46. The van der Waals surface area contributed by atoms with E-state index in [1.807, 2.05) is 30.3 Å². The van der Waals surface area contributed by atoms with Crippen LogP contribution in [0.1, 0.15) is 34.9 Å². The second-order valence-corrected chi connectivity index (χ2v) is 9.68. The Morgan fingerprint density at radius 2 is 1.83 bits per heavy atom. The fourth-order valence-electron chi connectivity index (χ4n) is 4.16.